The van der Waals surface area contributed by atoms with E-state index in [9.17, 15) is 14.7 Å². The van der Waals surface area contributed by atoms with Gasteiger partial charge in [0.15, 0.2) is 5.78 Å². The maximum absolute atomic E-state index is 12.8. The van der Waals surface area contributed by atoms with E-state index in [1.807, 2.05) is 36.2 Å². The van der Waals surface area contributed by atoms with Crippen LogP contribution >= 0.6 is 0 Å². The highest BCUT2D eigenvalue weighted by Crippen LogP contribution is 2.45. The van der Waals surface area contributed by atoms with Gasteiger partial charge in [0, 0.05) is 18.7 Å². The first kappa shape index (κ1) is 12.4. The predicted molar refractivity (Wildman–Crippen MR) is 70.1 cm³/mol. The van der Waals surface area contributed by atoms with Gasteiger partial charge in [-0.1, -0.05) is 24.3 Å². The van der Waals surface area contributed by atoms with Gasteiger partial charge in [-0.05, 0) is 25.5 Å². The van der Waals surface area contributed by atoms with Crippen molar-refractivity contribution in [3.63, 3.8) is 0 Å². The van der Waals surface area contributed by atoms with Crippen LogP contribution in [0.3, 0.4) is 0 Å². The first-order chi connectivity index (χ1) is 9.04. The van der Waals surface area contributed by atoms with Crippen molar-refractivity contribution in [2.24, 2.45) is 11.3 Å². The number of nitrogens with zero attached hydrogens (tertiary/aromatic N) is 1. The molecule has 0 unspecified atom stereocenters. The highest BCUT2D eigenvalue weighted by Gasteiger charge is 2.55. The molecule has 1 N–H and O–H groups in total. The molecule has 1 aliphatic heterocycles. The van der Waals surface area contributed by atoms with Gasteiger partial charge in [0.05, 0.1) is 11.3 Å². The molecular weight excluding hydrogens is 242 g/mol. The Morgan fingerprint density at radius 1 is 1.42 bits per heavy atom. The summed E-state index contributed by atoms with van der Waals surface area (Å²) in [5.41, 5.74) is 1.04. The van der Waals surface area contributed by atoms with Crippen molar-refractivity contribution in [3.05, 3.63) is 35.4 Å². The number of aryl methyl sites for hydroxylation is 1. The molecule has 4 heteroatoms. The van der Waals surface area contributed by atoms with E-state index < -0.39 is 17.3 Å². The predicted octanol–water partition coefficient (Wildman–Crippen LogP) is 1.45. The molecule has 2 aliphatic rings. The molecule has 3 rings (SSSR count). The number of Topliss-reactive ketones (excluding diaryl/α,β-unsaturated/α-hetero) is 1. The van der Waals surface area contributed by atoms with Gasteiger partial charge in [0.2, 0.25) is 0 Å². The molecule has 0 radical (unpaired) electrons. The Balaban J connectivity index is 2.07. The van der Waals surface area contributed by atoms with Crippen LogP contribution in [0, 0.1) is 11.3 Å². The van der Waals surface area contributed by atoms with Gasteiger partial charge in [-0.25, -0.2) is 0 Å². The zero-order chi connectivity index (χ0) is 13.6. The van der Waals surface area contributed by atoms with Crippen molar-refractivity contribution in [1.82, 2.24) is 4.90 Å². The Bertz CT molecular complexity index is 554. The van der Waals surface area contributed by atoms with E-state index in [-0.39, 0.29) is 5.78 Å². The van der Waals surface area contributed by atoms with Crippen LogP contribution in [0.2, 0.25) is 0 Å². The van der Waals surface area contributed by atoms with E-state index in [4.69, 9.17) is 0 Å². The van der Waals surface area contributed by atoms with E-state index >= 15 is 0 Å². The molecule has 0 saturated carbocycles. The Labute approximate surface area is 112 Å². The summed E-state index contributed by atoms with van der Waals surface area (Å²) in [5, 5.41) is 9.44. The van der Waals surface area contributed by atoms with Gasteiger partial charge >= 0.3 is 5.97 Å². The minimum Gasteiger partial charge on any atom is -0.481 e. The second-order valence-corrected chi connectivity index (χ2v) is 5.73. The quantitative estimate of drug-likeness (QED) is 0.829. The summed E-state index contributed by atoms with van der Waals surface area (Å²) in [6, 6.07) is 7.58. The molecule has 1 spiro atoms. The van der Waals surface area contributed by atoms with E-state index in [2.05, 4.69) is 0 Å². The number of carboxylic acid groups (broad SMARTS) is 1. The first-order valence-corrected chi connectivity index (χ1v) is 6.59. The van der Waals surface area contributed by atoms with Gasteiger partial charge in [-0.15, -0.1) is 0 Å². The molecule has 1 fully saturated rings. The Hall–Kier alpha value is -1.68. The lowest BCUT2D eigenvalue weighted by atomic mass is 9.65. The summed E-state index contributed by atoms with van der Waals surface area (Å²) in [7, 11) is 1.89. The van der Waals surface area contributed by atoms with Crippen molar-refractivity contribution in [2.45, 2.75) is 12.8 Å². The van der Waals surface area contributed by atoms with Gasteiger partial charge in [0.1, 0.15) is 0 Å². The van der Waals surface area contributed by atoms with Crippen molar-refractivity contribution in [3.8, 4) is 0 Å². The summed E-state index contributed by atoms with van der Waals surface area (Å²) in [5.74, 6) is -1.42. The Kier molecular flexibility index (Phi) is 2.71. The highest BCUT2D eigenvalue weighted by molar-refractivity contribution is 6.05. The molecule has 4 nitrogen and oxygen atoms in total. The smallest absolute Gasteiger partial charge is 0.308 e. The SMILES string of the molecule is CN1C[C@H](C(=O)O)[C@@]2(CCc3ccccc3C2=O)C1. The van der Waals surface area contributed by atoms with Crippen molar-refractivity contribution < 1.29 is 14.7 Å². The zero-order valence-electron chi connectivity index (χ0n) is 10.9. The lowest BCUT2D eigenvalue weighted by Gasteiger charge is -2.35. The number of ketones is 1. The molecule has 1 aromatic rings. The average molecular weight is 259 g/mol. The number of fused-ring (bicyclic) bond motifs is 1. The van der Waals surface area contributed by atoms with Crippen LogP contribution in [0.25, 0.3) is 0 Å². The van der Waals surface area contributed by atoms with Gasteiger partial charge in [-0.3, -0.25) is 9.59 Å². The van der Waals surface area contributed by atoms with Crippen molar-refractivity contribution >= 4 is 11.8 Å². The molecule has 1 aliphatic carbocycles. The van der Waals surface area contributed by atoms with Crippen LogP contribution in [0.1, 0.15) is 22.3 Å². The number of likely N-dealkylation sites (tertiary alicyclic amines) is 1. The van der Waals surface area contributed by atoms with Crippen LogP contribution in [0.4, 0.5) is 0 Å². The van der Waals surface area contributed by atoms with Crippen LogP contribution < -0.4 is 0 Å². The highest BCUT2D eigenvalue weighted by atomic mass is 16.4. The number of carbonyl (C=O) groups is 2. The average Bonchev–Trinajstić information content (AvgIpc) is 2.73. The number of hydrogen-bond donors (Lipinski definition) is 1. The van der Waals surface area contributed by atoms with E-state index in [1.54, 1.807) is 0 Å². The third-order valence-corrected chi connectivity index (χ3v) is 4.57. The molecule has 1 aromatic carbocycles. The molecular formula is C15H17NO3. The standard InChI is InChI=1S/C15H17NO3/c1-16-8-12(14(18)19)15(9-16)7-6-10-4-2-3-5-11(10)13(15)17/h2-5,12H,6-9H2,1H3,(H,18,19)/t12-,15-/m1/s1. The normalized spacial score (nSPS) is 30.6. The molecule has 100 valence electrons. The van der Waals surface area contributed by atoms with Gasteiger partial charge < -0.3 is 10.0 Å². The Morgan fingerprint density at radius 2 is 2.16 bits per heavy atom. The fraction of sp³-hybridized carbons (Fsp3) is 0.467. The molecule has 0 amide bonds. The summed E-state index contributed by atoms with van der Waals surface area (Å²) in [6.07, 6.45) is 1.43. The van der Waals surface area contributed by atoms with Gasteiger partial charge in [-0.2, -0.15) is 0 Å². The maximum atomic E-state index is 12.8. The molecule has 1 saturated heterocycles. The lowest BCUT2D eigenvalue weighted by molar-refractivity contribution is -0.144. The van der Waals surface area contributed by atoms with E-state index in [0.29, 0.717) is 19.5 Å². The fourth-order valence-electron chi connectivity index (χ4n) is 3.64. The number of benzene rings is 1. The summed E-state index contributed by atoms with van der Waals surface area (Å²) in [6.45, 7) is 1.01. The third kappa shape index (κ3) is 1.70. The van der Waals surface area contributed by atoms with Crippen LogP contribution in [0.5, 0.6) is 0 Å². The second kappa shape index (κ2) is 4.17. The zero-order valence-corrected chi connectivity index (χ0v) is 10.9. The molecule has 19 heavy (non-hydrogen) atoms. The minimum absolute atomic E-state index is 0.0195. The summed E-state index contributed by atoms with van der Waals surface area (Å²) >= 11 is 0. The topological polar surface area (TPSA) is 57.6 Å². The first-order valence-electron chi connectivity index (χ1n) is 6.59. The summed E-state index contributed by atoms with van der Waals surface area (Å²) in [4.78, 5) is 26.3. The van der Waals surface area contributed by atoms with E-state index in [1.165, 1.54) is 0 Å². The second-order valence-electron chi connectivity index (χ2n) is 5.73. The summed E-state index contributed by atoms with van der Waals surface area (Å²) < 4.78 is 0. The van der Waals surface area contributed by atoms with Crippen LogP contribution in [0.15, 0.2) is 24.3 Å². The number of carbonyl (C=O) groups excluding carboxylic acids is 1. The van der Waals surface area contributed by atoms with E-state index in [0.717, 1.165) is 17.5 Å². The van der Waals surface area contributed by atoms with Crippen molar-refractivity contribution in [1.29, 1.82) is 0 Å². The molecule has 0 bridgehead atoms. The van der Waals surface area contributed by atoms with Gasteiger partial charge in [0.25, 0.3) is 0 Å². The van der Waals surface area contributed by atoms with Crippen LogP contribution in [-0.4, -0.2) is 41.9 Å². The molecule has 1 heterocycles. The number of hydrogen-bond acceptors (Lipinski definition) is 3. The minimum atomic E-state index is -0.850. The molecule has 0 aromatic heterocycles. The van der Waals surface area contributed by atoms with Crippen molar-refractivity contribution in [2.75, 3.05) is 20.1 Å². The number of rotatable bonds is 1. The lowest BCUT2D eigenvalue weighted by Crippen LogP contribution is -2.45. The monoisotopic (exact) mass is 259 g/mol. The van der Waals surface area contributed by atoms with Crippen LogP contribution in [-0.2, 0) is 11.2 Å². The number of aliphatic carboxylic acids is 1. The fourth-order valence-corrected chi connectivity index (χ4v) is 3.64. The Morgan fingerprint density at radius 3 is 2.89 bits per heavy atom. The maximum Gasteiger partial charge on any atom is 0.308 e. The third-order valence-electron chi connectivity index (χ3n) is 4.57. The number of carboxylic acids is 1. The molecule has 2 atom stereocenters. The largest absolute Gasteiger partial charge is 0.481 e.